The Morgan fingerprint density at radius 2 is 0.862 bits per heavy atom. The van der Waals surface area contributed by atoms with E-state index in [2.05, 4.69) is 74.6 Å². The van der Waals surface area contributed by atoms with Gasteiger partial charge in [0.2, 0.25) is 0 Å². The highest BCUT2D eigenvalue weighted by atomic mass is 16.6. The molecule has 0 aromatic carbocycles. The molecule has 0 saturated carbocycles. The lowest BCUT2D eigenvalue weighted by Gasteiger charge is -2.34. The first-order chi connectivity index (χ1) is 31.6. The quantitative estimate of drug-likeness (QED) is 0.0259. The third-order valence-corrected chi connectivity index (χ3v) is 11.9. The maximum Gasteiger partial charge on any atom is 0.306 e. The minimum atomic E-state index is -1.13. The van der Waals surface area contributed by atoms with Gasteiger partial charge in [0.05, 0.1) is 40.3 Å². The number of rotatable bonds is 48. The van der Waals surface area contributed by atoms with Crippen LogP contribution in [0.25, 0.3) is 0 Å². The lowest BCUT2D eigenvalue weighted by atomic mass is 10.0. The fraction of sp³-hybridized carbons (Fsp3) is 0.772. The highest BCUT2D eigenvalue weighted by molar-refractivity contribution is 5.70. The predicted octanol–water partition coefficient (Wildman–Crippen LogP) is 14.4. The number of likely N-dealkylation sites (N-methyl/N-ethyl adjacent to an activating group) is 1. The first kappa shape index (κ1) is 62.0. The minimum absolute atomic E-state index is 0.0365. The molecule has 376 valence electrons. The summed E-state index contributed by atoms with van der Waals surface area (Å²) in [4.78, 5) is 37.1. The van der Waals surface area contributed by atoms with Crippen molar-refractivity contribution in [3.05, 3.63) is 60.8 Å². The summed E-state index contributed by atoms with van der Waals surface area (Å²) in [7, 11) is 5.42. The van der Waals surface area contributed by atoms with Gasteiger partial charge in [-0.15, -0.1) is 0 Å². The summed E-state index contributed by atoms with van der Waals surface area (Å²) in [6.07, 6.45) is 59.6. The van der Waals surface area contributed by atoms with Crippen LogP contribution in [0.15, 0.2) is 60.8 Å². The Morgan fingerprint density at radius 3 is 1.28 bits per heavy atom. The number of quaternary nitrogens is 1. The van der Waals surface area contributed by atoms with Crippen molar-refractivity contribution < 1.29 is 38.2 Å². The van der Waals surface area contributed by atoms with Crippen molar-refractivity contribution in [2.24, 2.45) is 0 Å². The van der Waals surface area contributed by atoms with Gasteiger partial charge in [-0.25, -0.2) is 0 Å². The zero-order valence-corrected chi connectivity index (χ0v) is 42.9. The van der Waals surface area contributed by atoms with E-state index < -0.39 is 18.1 Å². The largest absolute Gasteiger partial charge is 0.544 e. The molecule has 0 spiro atoms. The minimum Gasteiger partial charge on any atom is -0.544 e. The van der Waals surface area contributed by atoms with E-state index >= 15 is 0 Å². The average molecular weight is 912 g/mol. The molecule has 0 aliphatic heterocycles. The van der Waals surface area contributed by atoms with Gasteiger partial charge in [-0.1, -0.05) is 216 Å². The van der Waals surface area contributed by atoms with Gasteiger partial charge in [0, 0.05) is 19.3 Å². The molecule has 65 heavy (non-hydrogen) atoms. The molecule has 0 aromatic rings. The fourth-order valence-electron chi connectivity index (χ4n) is 7.81. The Morgan fingerprint density at radius 1 is 0.477 bits per heavy atom. The van der Waals surface area contributed by atoms with E-state index in [9.17, 15) is 19.5 Å². The van der Waals surface area contributed by atoms with Crippen molar-refractivity contribution in [3.8, 4) is 0 Å². The molecular formula is C57H101NO7. The molecule has 0 N–H and O–H groups in total. The fourth-order valence-corrected chi connectivity index (χ4v) is 7.81. The highest BCUT2D eigenvalue weighted by Gasteiger charge is 2.25. The molecule has 0 bridgehead atoms. The summed E-state index contributed by atoms with van der Waals surface area (Å²) in [5, 5.41) is 11.7. The molecule has 0 heterocycles. The Kier molecular flexibility index (Phi) is 45.3. The number of carbonyl (C=O) groups is 3. The van der Waals surface area contributed by atoms with Gasteiger partial charge in [0.25, 0.3) is 0 Å². The van der Waals surface area contributed by atoms with Crippen molar-refractivity contribution in [1.29, 1.82) is 0 Å². The number of unbranched alkanes of at least 4 members (excludes halogenated alkanes) is 24. The number of ether oxygens (including phenoxy) is 3. The lowest BCUT2D eigenvalue weighted by molar-refractivity contribution is -0.889. The van der Waals surface area contributed by atoms with Gasteiger partial charge in [0.15, 0.2) is 6.10 Å². The smallest absolute Gasteiger partial charge is 0.306 e. The molecule has 0 radical (unpaired) electrons. The van der Waals surface area contributed by atoms with E-state index in [1.54, 1.807) is 21.1 Å². The number of allylic oxidation sites excluding steroid dienone is 10. The monoisotopic (exact) mass is 912 g/mol. The molecule has 2 atom stereocenters. The Bertz CT molecular complexity index is 1250. The molecule has 0 amide bonds. The van der Waals surface area contributed by atoms with Crippen LogP contribution in [0.4, 0.5) is 0 Å². The molecule has 2 unspecified atom stereocenters. The summed E-state index contributed by atoms with van der Waals surface area (Å²) in [6, 6.07) is -0.730. The van der Waals surface area contributed by atoms with E-state index in [0.717, 1.165) is 83.5 Å². The number of aliphatic carboxylic acids is 1. The highest BCUT2D eigenvalue weighted by Crippen LogP contribution is 2.16. The zero-order valence-electron chi connectivity index (χ0n) is 42.9. The van der Waals surface area contributed by atoms with Crippen LogP contribution < -0.4 is 5.11 Å². The first-order valence-corrected chi connectivity index (χ1v) is 26.8. The summed E-state index contributed by atoms with van der Waals surface area (Å²) in [5.74, 6) is -1.74. The van der Waals surface area contributed by atoms with Crippen LogP contribution >= 0.6 is 0 Å². The summed E-state index contributed by atoms with van der Waals surface area (Å²) < 4.78 is 17.3. The number of carboxylic acids is 1. The number of nitrogens with zero attached hydrogens (tertiary/aromatic N) is 1. The number of carboxylic acid groups (broad SMARTS) is 1. The summed E-state index contributed by atoms with van der Waals surface area (Å²) in [6.45, 7) is 4.57. The zero-order chi connectivity index (χ0) is 47.7. The van der Waals surface area contributed by atoms with Gasteiger partial charge in [-0.2, -0.15) is 0 Å². The molecule has 0 rings (SSSR count). The standard InChI is InChI=1S/C57H101NO7/c1-6-8-10-12-14-16-18-20-22-24-26-27-28-29-30-32-34-36-38-40-42-44-46-48-56(60)65-53(51-63-50-49-54(57(61)62)58(3,4)5)52-64-55(59)47-45-43-41-39-37-35-33-31-25-23-21-19-17-15-13-11-9-7-2/h8,10,14,16,20,22,26-27,29-30,53-54H,6-7,9,11-13,15,17-19,21,23-25,28,31-52H2,1-5H3/b10-8+,16-14+,22-20+,27-26+,30-29+. The van der Waals surface area contributed by atoms with E-state index in [-0.39, 0.29) is 42.7 Å². The maximum atomic E-state index is 12.8. The normalized spacial score (nSPS) is 13.3. The van der Waals surface area contributed by atoms with Crippen molar-refractivity contribution >= 4 is 17.9 Å². The van der Waals surface area contributed by atoms with Crippen LogP contribution in [0.2, 0.25) is 0 Å². The summed E-state index contributed by atoms with van der Waals surface area (Å²) in [5.41, 5.74) is 0. The van der Waals surface area contributed by atoms with E-state index in [0.29, 0.717) is 12.8 Å². The van der Waals surface area contributed by atoms with Crippen molar-refractivity contribution in [2.45, 2.75) is 244 Å². The van der Waals surface area contributed by atoms with Crippen molar-refractivity contribution in [1.82, 2.24) is 0 Å². The SMILES string of the molecule is CC/C=C/C/C=C/C/C=C/C/C=C/C/C=C/CCCCCCCCCC(=O)OC(COCCC(C(=O)[O-])[N+](C)(C)C)COC(=O)CCCCCCCCCCCCCCCCCCCC. The van der Waals surface area contributed by atoms with Crippen LogP contribution in [0, 0.1) is 0 Å². The molecule has 8 heteroatoms. The predicted molar refractivity (Wildman–Crippen MR) is 273 cm³/mol. The van der Waals surface area contributed by atoms with Gasteiger partial charge < -0.3 is 28.6 Å². The average Bonchev–Trinajstić information content (AvgIpc) is 3.27. The number of hydrogen-bond donors (Lipinski definition) is 0. The molecule has 8 nitrogen and oxygen atoms in total. The van der Waals surface area contributed by atoms with E-state index in [1.165, 1.54) is 116 Å². The second-order valence-corrected chi connectivity index (χ2v) is 19.1. The number of carbonyl (C=O) groups excluding carboxylic acids is 3. The third-order valence-electron chi connectivity index (χ3n) is 11.9. The van der Waals surface area contributed by atoms with Crippen LogP contribution in [-0.2, 0) is 28.6 Å². The van der Waals surface area contributed by atoms with Crippen LogP contribution in [-0.4, -0.2) is 75.5 Å². The third kappa shape index (κ3) is 46.0. The molecule has 0 aromatic heterocycles. The first-order valence-electron chi connectivity index (χ1n) is 26.8. The summed E-state index contributed by atoms with van der Waals surface area (Å²) >= 11 is 0. The Balaban J connectivity index is 4.24. The van der Waals surface area contributed by atoms with Crippen LogP contribution in [0.5, 0.6) is 0 Å². The number of hydrogen-bond acceptors (Lipinski definition) is 7. The molecule has 0 saturated heterocycles. The van der Waals surface area contributed by atoms with E-state index in [4.69, 9.17) is 14.2 Å². The van der Waals surface area contributed by atoms with Gasteiger partial charge in [-0.05, 0) is 57.8 Å². The lowest BCUT2D eigenvalue weighted by Crippen LogP contribution is -2.55. The Hall–Kier alpha value is -2.97. The second-order valence-electron chi connectivity index (χ2n) is 19.1. The van der Waals surface area contributed by atoms with Crippen LogP contribution in [0.1, 0.15) is 232 Å². The van der Waals surface area contributed by atoms with E-state index in [1.807, 2.05) is 0 Å². The maximum absolute atomic E-state index is 12.8. The van der Waals surface area contributed by atoms with Gasteiger partial charge in [-0.3, -0.25) is 9.59 Å². The second kappa shape index (κ2) is 47.5. The van der Waals surface area contributed by atoms with Crippen molar-refractivity contribution in [2.75, 3.05) is 41.0 Å². The van der Waals surface area contributed by atoms with Gasteiger partial charge >= 0.3 is 11.9 Å². The van der Waals surface area contributed by atoms with Crippen LogP contribution in [0.3, 0.4) is 0 Å². The van der Waals surface area contributed by atoms with Gasteiger partial charge in [0.1, 0.15) is 12.6 Å². The molecule has 0 aliphatic rings. The molecule has 0 fully saturated rings. The van der Waals surface area contributed by atoms with Crippen molar-refractivity contribution in [3.63, 3.8) is 0 Å². The number of esters is 2. The molecule has 0 aliphatic carbocycles. The molecular weight excluding hydrogens is 811 g/mol. The topological polar surface area (TPSA) is 102 Å². The Labute approximate surface area is 400 Å².